The van der Waals surface area contributed by atoms with Crippen LogP contribution in [0.25, 0.3) is 0 Å². The smallest absolute Gasteiger partial charge is 0.330 e. The summed E-state index contributed by atoms with van der Waals surface area (Å²) in [6.45, 7) is 16.7. The van der Waals surface area contributed by atoms with Crippen molar-refractivity contribution in [2.24, 2.45) is 17.3 Å². The molecule has 0 aliphatic heterocycles. The molecular formula is C26H44O3Si. The molecule has 0 aromatic heterocycles. The Balaban J connectivity index is 2.11. The monoisotopic (exact) mass is 432 g/mol. The number of fused-ring (bicyclic) bond motifs is 1. The summed E-state index contributed by atoms with van der Waals surface area (Å²) in [5.41, 5.74) is 1.88. The van der Waals surface area contributed by atoms with Gasteiger partial charge in [0.2, 0.25) is 0 Å². The molecular weight excluding hydrogens is 388 g/mol. The van der Waals surface area contributed by atoms with Crippen molar-refractivity contribution in [2.75, 3.05) is 7.11 Å². The van der Waals surface area contributed by atoms with Crippen molar-refractivity contribution in [3.63, 3.8) is 0 Å². The van der Waals surface area contributed by atoms with Gasteiger partial charge in [-0.2, -0.15) is 0 Å². The molecule has 0 amide bonds. The molecule has 2 aliphatic carbocycles. The van der Waals surface area contributed by atoms with Crippen LogP contribution in [0.5, 0.6) is 0 Å². The summed E-state index contributed by atoms with van der Waals surface area (Å²) in [5, 5.41) is 0.254. The molecule has 2 aliphatic rings. The maximum atomic E-state index is 11.2. The number of carbonyl (C=O) groups excluding carboxylic acids is 1. The van der Waals surface area contributed by atoms with Gasteiger partial charge >= 0.3 is 5.97 Å². The molecule has 30 heavy (non-hydrogen) atoms. The lowest BCUT2D eigenvalue weighted by Gasteiger charge is -2.53. The van der Waals surface area contributed by atoms with Crippen LogP contribution in [0.1, 0.15) is 73.1 Å². The van der Waals surface area contributed by atoms with Gasteiger partial charge in [0.15, 0.2) is 8.32 Å². The number of methoxy groups -OCH3 is 1. The van der Waals surface area contributed by atoms with Crippen molar-refractivity contribution >= 4 is 14.3 Å². The van der Waals surface area contributed by atoms with Crippen molar-refractivity contribution in [1.29, 1.82) is 0 Å². The molecule has 0 spiro atoms. The van der Waals surface area contributed by atoms with Crippen molar-refractivity contribution < 1.29 is 14.0 Å². The van der Waals surface area contributed by atoms with Gasteiger partial charge in [-0.1, -0.05) is 70.9 Å². The van der Waals surface area contributed by atoms with E-state index in [1.165, 1.54) is 45.3 Å². The average Bonchev–Trinajstić information content (AvgIpc) is 2.65. The molecule has 0 saturated heterocycles. The third-order valence-electron chi connectivity index (χ3n) is 7.91. The van der Waals surface area contributed by atoms with Gasteiger partial charge in [-0.05, 0) is 67.5 Å². The molecule has 1 fully saturated rings. The third-order valence-corrected chi connectivity index (χ3v) is 12.4. The van der Waals surface area contributed by atoms with Gasteiger partial charge in [-0.25, -0.2) is 4.79 Å². The quantitative estimate of drug-likeness (QED) is 0.140. The zero-order chi connectivity index (χ0) is 22.6. The first-order valence-electron chi connectivity index (χ1n) is 11.7. The first kappa shape index (κ1) is 25.1. The largest absolute Gasteiger partial charge is 0.466 e. The topological polar surface area (TPSA) is 35.5 Å². The lowest BCUT2D eigenvalue weighted by Crippen LogP contribution is -2.51. The van der Waals surface area contributed by atoms with E-state index >= 15 is 0 Å². The molecule has 4 heteroatoms. The van der Waals surface area contributed by atoms with Crippen LogP contribution in [-0.2, 0) is 14.0 Å². The van der Waals surface area contributed by atoms with Crippen molar-refractivity contribution in [1.82, 2.24) is 0 Å². The molecule has 0 N–H and O–H groups in total. The molecule has 0 bridgehead atoms. The fourth-order valence-electron chi connectivity index (χ4n) is 5.13. The number of allylic oxidation sites excluding steroid dienone is 5. The molecule has 1 saturated carbocycles. The van der Waals surface area contributed by atoms with Crippen molar-refractivity contribution in [2.45, 2.75) is 97.4 Å². The van der Waals surface area contributed by atoms with Crippen LogP contribution >= 0.6 is 0 Å². The van der Waals surface area contributed by atoms with Crippen molar-refractivity contribution in [3.8, 4) is 0 Å². The molecule has 0 unspecified atom stereocenters. The van der Waals surface area contributed by atoms with Crippen LogP contribution in [0.15, 0.2) is 36.0 Å². The van der Waals surface area contributed by atoms with Gasteiger partial charge in [0.1, 0.15) is 0 Å². The van der Waals surface area contributed by atoms with E-state index in [2.05, 4.69) is 64.6 Å². The van der Waals surface area contributed by atoms with E-state index in [1.54, 1.807) is 11.6 Å². The average molecular weight is 433 g/mol. The minimum absolute atomic E-state index is 0.249. The molecule has 0 radical (unpaired) electrons. The predicted octanol–water partition coefficient (Wildman–Crippen LogP) is 7.22. The van der Waals surface area contributed by atoms with E-state index in [1.807, 2.05) is 6.08 Å². The van der Waals surface area contributed by atoms with Crippen LogP contribution in [0.4, 0.5) is 0 Å². The lowest BCUT2D eigenvalue weighted by molar-refractivity contribution is -0.134. The zero-order valence-corrected chi connectivity index (χ0v) is 21.6. The minimum atomic E-state index is -1.77. The summed E-state index contributed by atoms with van der Waals surface area (Å²) in [4.78, 5) is 11.2. The summed E-state index contributed by atoms with van der Waals surface area (Å²) in [7, 11) is -0.369. The highest BCUT2D eigenvalue weighted by Gasteiger charge is 2.49. The molecule has 0 aromatic rings. The van der Waals surface area contributed by atoms with Gasteiger partial charge in [0.25, 0.3) is 0 Å². The summed E-state index contributed by atoms with van der Waals surface area (Å²) < 4.78 is 11.6. The summed E-state index contributed by atoms with van der Waals surface area (Å²) in [6, 6.07) is 0. The highest BCUT2D eigenvalue weighted by Crippen LogP contribution is 2.55. The number of ether oxygens (including phenoxy) is 1. The Morgan fingerprint density at radius 2 is 2.00 bits per heavy atom. The van der Waals surface area contributed by atoms with Gasteiger partial charge < -0.3 is 9.16 Å². The summed E-state index contributed by atoms with van der Waals surface area (Å²) in [5.74, 6) is 0.825. The first-order chi connectivity index (χ1) is 13.9. The Hall–Kier alpha value is -1.13. The van der Waals surface area contributed by atoms with Gasteiger partial charge in [0.05, 0.1) is 7.11 Å². The van der Waals surface area contributed by atoms with E-state index in [0.717, 1.165) is 6.42 Å². The molecule has 2 rings (SSSR count). The van der Waals surface area contributed by atoms with E-state index in [9.17, 15) is 4.79 Å². The Labute approximate surface area is 186 Å². The standard InChI is InChI=1S/C26H44O3Si/c1-20(14-10-9-11-18-24(27)28-6)21-15-12-16-22-23(17-13-19-26(21,22)5)29-30(7,8)25(2,3)4/h9-11,15,18,20,22-23H,12-14,16-17,19H2,1-8H3/b10-9+,18-11+/t20-,22+,23+,26-/m1/s1. The van der Waals surface area contributed by atoms with Gasteiger partial charge in [0, 0.05) is 12.2 Å². The Morgan fingerprint density at radius 1 is 1.30 bits per heavy atom. The van der Waals surface area contributed by atoms with E-state index in [4.69, 9.17) is 4.43 Å². The van der Waals surface area contributed by atoms with Crippen LogP contribution in [0, 0.1) is 17.3 Å². The summed E-state index contributed by atoms with van der Waals surface area (Å²) in [6.07, 6.45) is 17.4. The zero-order valence-electron chi connectivity index (χ0n) is 20.6. The van der Waals surface area contributed by atoms with Crippen LogP contribution in [0.2, 0.25) is 18.1 Å². The van der Waals surface area contributed by atoms with Gasteiger partial charge in [-0.15, -0.1) is 0 Å². The van der Waals surface area contributed by atoms with E-state index in [0.29, 0.717) is 17.9 Å². The molecule has 170 valence electrons. The Bertz CT molecular complexity index is 683. The normalized spacial score (nSPS) is 29.0. The molecule has 4 atom stereocenters. The van der Waals surface area contributed by atoms with Crippen LogP contribution in [0.3, 0.4) is 0 Å². The van der Waals surface area contributed by atoms with Crippen molar-refractivity contribution in [3.05, 3.63) is 36.0 Å². The predicted molar refractivity (Wildman–Crippen MR) is 129 cm³/mol. The fourth-order valence-corrected chi connectivity index (χ4v) is 6.53. The van der Waals surface area contributed by atoms with Crippen LogP contribution < -0.4 is 0 Å². The van der Waals surface area contributed by atoms with E-state index in [-0.39, 0.29) is 16.4 Å². The number of carbonyl (C=O) groups is 1. The fraction of sp³-hybridized carbons (Fsp3) is 0.731. The summed E-state index contributed by atoms with van der Waals surface area (Å²) >= 11 is 0. The number of hydrogen-bond donors (Lipinski definition) is 0. The maximum absolute atomic E-state index is 11.2. The minimum Gasteiger partial charge on any atom is -0.466 e. The SMILES string of the molecule is COC(=O)/C=C/C=C/C[C@@H](C)C1=CCC[C@H]2[C@@H](O[Si](C)(C)C(C)(C)C)CCC[C@]12C. The highest BCUT2D eigenvalue weighted by atomic mass is 28.4. The second-order valence-corrected chi connectivity index (χ2v) is 15.8. The highest BCUT2D eigenvalue weighted by molar-refractivity contribution is 6.74. The first-order valence-corrected chi connectivity index (χ1v) is 14.6. The molecule has 3 nitrogen and oxygen atoms in total. The lowest BCUT2D eigenvalue weighted by atomic mass is 9.56. The molecule has 0 heterocycles. The van der Waals surface area contributed by atoms with Gasteiger partial charge in [-0.3, -0.25) is 0 Å². The maximum Gasteiger partial charge on any atom is 0.330 e. The molecule has 0 aromatic carbocycles. The van der Waals surface area contributed by atoms with E-state index < -0.39 is 8.32 Å². The second-order valence-electron chi connectivity index (χ2n) is 11.0. The third kappa shape index (κ3) is 5.76. The second kappa shape index (κ2) is 9.99. The number of rotatable bonds is 7. The number of esters is 1. The number of hydrogen-bond acceptors (Lipinski definition) is 3. The Morgan fingerprint density at radius 3 is 2.63 bits per heavy atom. The Kier molecular flexibility index (Phi) is 8.37. The van der Waals surface area contributed by atoms with Crippen LogP contribution in [-0.4, -0.2) is 27.5 Å².